The topological polar surface area (TPSA) is 49.3 Å². The number of amides is 1. The minimum absolute atomic E-state index is 0.0737. The van der Waals surface area contributed by atoms with E-state index >= 15 is 0 Å². The summed E-state index contributed by atoms with van der Waals surface area (Å²) in [7, 11) is 0. The molecule has 0 saturated heterocycles. The summed E-state index contributed by atoms with van der Waals surface area (Å²) < 4.78 is 0. The predicted molar refractivity (Wildman–Crippen MR) is 60.7 cm³/mol. The van der Waals surface area contributed by atoms with Gasteiger partial charge in [0.1, 0.15) is 6.10 Å². The molecule has 1 rings (SSSR count). The van der Waals surface area contributed by atoms with Gasteiger partial charge in [-0.25, -0.2) is 0 Å². The molecule has 0 radical (unpaired) electrons. The van der Waals surface area contributed by atoms with Crippen molar-refractivity contribution in [2.75, 3.05) is 5.32 Å². The third-order valence-corrected chi connectivity index (χ3v) is 2.22. The van der Waals surface area contributed by atoms with Crippen LogP contribution in [0.2, 0.25) is 0 Å². The van der Waals surface area contributed by atoms with Gasteiger partial charge in [-0.3, -0.25) is 4.79 Å². The highest BCUT2D eigenvalue weighted by Crippen LogP contribution is 2.10. The SMILES string of the molecule is Cc1ccc(NC(=O)C(O)C(C)C)cc1. The minimum atomic E-state index is -0.952. The van der Waals surface area contributed by atoms with Crippen LogP contribution in [0.5, 0.6) is 0 Å². The largest absolute Gasteiger partial charge is 0.383 e. The number of benzene rings is 1. The Kier molecular flexibility index (Phi) is 3.86. The van der Waals surface area contributed by atoms with Crippen LogP contribution in [0.1, 0.15) is 19.4 Å². The highest BCUT2D eigenvalue weighted by molar-refractivity contribution is 5.94. The Balaban J connectivity index is 2.62. The first-order valence-electron chi connectivity index (χ1n) is 5.06. The van der Waals surface area contributed by atoms with Crippen LogP contribution in [-0.4, -0.2) is 17.1 Å². The third-order valence-electron chi connectivity index (χ3n) is 2.22. The first kappa shape index (κ1) is 11.7. The molecule has 0 fully saturated rings. The zero-order chi connectivity index (χ0) is 11.4. The molecule has 2 N–H and O–H groups in total. The Morgan fingerprint density at radius 3 is 2.27 bits per heavy atom. The number of carbonyl (C=O) groups excluding carboxylic acids is 1. The maximum atomic E-state index is 11.5. The van der Waals surface area contributed by atoms with Crippen LogP contribution in [0.3, 0.4) is 0 Å². The van der Waals surface area contributed by atoms with Gasteiger partial charge in [-0.1, -0.05) is 31.5 Å². The van der Waals surface area contributed by atoms with Crippen LogP contribution in [-0.2, 0) is 4.79 Å². The summed E-state index contributed by atoms with van der Waals surface area (Å²) in [6, 6.07) is 7.47. The summed E-state index contributed by atoms with van der Waals surface area (Å²) in [5.41, 5.74) is 1.85. The van der Waals surface area contributed by atoms with E-state index in [9.17, 15) is 9.90 Å². The first-order valence-corrected chi connectivity index (χ1v) is 5.06. The van der Waals surface area contributed by atoms with Crippen molar-refractivity contribution in [2.45, 2.75) is 26.9 Å². The van der Waals surface area contributed by atoms with Crippen molar-refractivity contribution >= 4 is 11.6 Å². The van der Waals surface area contributed by atoms with E-state index < -0.39 is 6.10 Å². The van der Waals surface area contributed by atoms with Crippen molar-refractivity contribution in [3.8, 4) is 0 Å². The van der Waals surface area contributed by atoms with E-state index in [0.29, 0.717) is 5.69 Å². The lowest BCUT2D eigenvalue weighted by atomic mass is 10.1. The Morgan fingerprint density at radius 1 is 1.27 bits per heavy atom. The van der Waals surface area contributed by atoms with Crippen molar-refractivity contribution in [1.82, 2.24) is 0 Å². The lowest BCUT2D eigenvalue weighted by Gasteiger charge is -2.14. The molecule has 3 heteroatoms. The molecule has 0 aliphatic rings. The van der Waals surface area contributed by atoms with Crippen LogP contribution in [0.25, 0.3) is 0 Å². The average Bonchev–Trinajstić information content (AvgIpc) is 2.20. The number of aryl methyl sites for hydroxylation is 1. The molecule has 1 atom stereocenters. The van der Waals surface area contributed by atoms with E-state index in [1.807, 2.05) is 31.2 Å². The lowest BCUT2D eigenvalue weighted by molar-refractivity contribution is -0.125. The molecule has 82 valence electrons. The molecule has 0 aliphatic carbocycles. The standard InChI is InChI=1S/C12H17NO2/c1-8(2)11(14)12(15)13-10-6-4-9(3)5-7-10/h4-8,11,14H,1-3H3,(H,13,15). The van der Waals surface area contributed by atoms with Crippen LogP contribution in [0, 0.1) is 12.8 Å². The Hall–Kier alpha value is -1.35. The van der Waals surface area contributed by atoms with Crippen LogP contribution in [0.15, 0.2) is 24.3 Å². The number of rotatable bonds is 3. The summed E-state index contributed by atoms with van der Waals surface area (Å²) in [6.45, 7) is 5.59. The van der Waals surface area contributed by atoms with Gasteiger partial charge in [-0.15, -0.1) is 0 Å². The highest BCUT2D eigenvalue weighted by Gasteiger charge is 2.18. The minimum Gasteiger partial charge on any atom is -0.383 e. The van der Waals surface area contributed by atoms with E-state index in [4.69, 9.17) is 0 Å². The van der Waals surface area contributed by atoms with E-state index in [2.05, 4.69) is 5.32 Å². The molecule has 0 heterocycles. The zero-order valence-corrected chi connectivity index (χ0v) is 9.32. The molecule has 0 aromatic heterocycles. The van der Waals surface area contributed by atoms with Crippen LogP contribution >= 0.6 is 0 Å². The summed E-state index contributed by atoms with van der Waals surface area (Å²) in [5, 5.41) is 12.2. The van der Waals surface area contributed by atoms with Gasteiger partial charge in [0.05, 0.1) is 0 Å². The lowest BCUT2D eigenvalue weighted by Crippen LogP contribution is -2.31. The second kappa shape index (κ2) is 4.94. The molecule has 1 amide bonds. The Bertz CT molecular complexity index is 330. The van der Waals surface area contributed by atoms with Gasteiger partial charge >= 0.3 is 0 Å². The van der Waals surface area contributed by atoms with Crippen molar-refractivity contribution in [2.24, 2.45) is 5.92 Å². The van der Waals surface area contributed by atoms with Crippen molar-refractivity contribution < 1.29 is 9.90 Å². The monoisotopic (exact) mass is 207 g/mol. The van der Waals surface area contributed by atoms with Gasteiger partial charge in [0.2, 0.25) is 0 Å². The second-order valence-electron chi connectivity index (χ2n) is 4.04. The van der Waals surface area contributed by atoms with Crippen LogP contribution in [0.4, 0.5) is 5.69 Å². The summed E-state index contributed by atoms with van der Waals surface area (Å²) in [4.78, 5) is 11.5. The fourth-order valence-electron chi connectivity index (χ4n) is 1.16. The van der Waals surface area contributed by atoms with Gasteiger partial charge in [-0.2, -0.15) is 0 Å². The number of anilines is 1. The summed E-state index contributed by atoms with van der Waals surface area (Å²) in [6.07, 6.45) is -0.952. The van der Waals surface area contributed by atoms with E-state index in [1.165, 1.54) is 0 Å². The molecule has 15 heavy (non-hydrogen) atoms. The molecule has 0 saturated carbocycles. The highest BCUT2D eigenvalue weighted by atomic mass is 16.3. The van der Waals surface area contributed by atoms with E-state index in [-0.39, 0.29) is 11.8 Å². The van der Waals surface area contributed by atoms with Crippen LogP contribution < -0.4 is 5.32 Å². The number of nitrogens with one attached hydrogen (secondary N) is 1. The zero-order valence-electron chi connectivity index (χ0n) is 9.32. The number of hydrogen-bond donors (Lipinski definition) is 2. The third kappa shape index (κ3) is 3.36. The van der Waals surface area contributed by atoms with Crippen molar-refractivity contribution in [3.05, 3.63) is 29.8 Å². The molecule has 1 aromatic rings. The molecule has 1 aromatic carbocycles. The Morgan fingerprint density at radius 2 is 1.80 bits per heavy atom. The molecule has 3 nitrogen and oxygen atoms in total. The Labute approximate surface area is 90.1 Å². The normalized spacial score (nSPS) is 12.6. The molecule has 0 aliphatic heterocycles. The number of aliphatic hydroxyl groups excluding tert-OH is 1. The maximum absolute atomic E-state index is 11.5. The summed E-state index contributed by atoms with van der Waals surface area (Å²) in [5.74, 6) is -0.427. The van der Waals surface area contributed by atoms with E-state index in [1.54, 1.807) is 13.8 Å². The molecular formula is C12H17NO2. The maximum Gasteiger partial charge on any atom is 0.253 e. The molecule has 1 unspecified atom stereocenters. The van der Waals surface area contributed by atoms with Gasteiger partial charge in [0.15, 0.2) is 0 Å². The fraction of sp³-hybridized carbons (Fsp3) is 0.417. The first-order chi connectivity index (χ1) is 7.00. The number of hydrogen-bond acceptors (Lipinski definition) is 2. The van der Waals surface area contributed by atoms with Crippen molar-refractivity contribution in [1.29, 1.82) is 0 Å². The smallest absolute Gasteiger partial charge is 0.253 e. The van der Waals surface area contributed by atoms with Crippen molar-refractivity contribution in [3.63, 3.8) is 0 Å². The van der Waals surface area contributed by atoms with E-state index in [0.717, 1.165) is 5.56 Å². The fourth-order valence-corrected chi connectivity index (χ4v) is 1.16. The number of carbonyl (C=O) groups is 1. The summed E-state index contributed by atoms with van der Waals surface area (Å²) >= 11 is 0. The van der Waals surface area contributed by atoms with Gasteiger partial charge in [0.25, 0.3) is 5.91 Å². The second-order valence-corrected chi connectivity index (χ2v) is 4.04. The van der Waals surface area contributed by atoms with Gasteiger partial charge in [0, 0.05) is 5.69 Å². The molecule has 0 bridgehead atoms. The quantitative estimate of drug-likeness (QED) is 0.796. The molecule has 0 spiro atoms. The van der Waals surface area contributed by atoms with Gasteiger partial charge < -0.3 is 10.4 Å². The average molecular weight is 207 g/mol. The molecular weight excluding hydrogens is 190 g/mol. The van der Waals surface area contributed by atoms with Gasteiger partial charge in [-0.05, 0) is 25.0 Å². The predicted octanol–water partition coefficient (Wildman–Crippen LogP) is 1.95. The number of aliphatic hydroxyl groups is 1.